The Morgan fingerprint density at radius 1 is 1.30 bits per heavy atom. The topological polar surface area (TPSA) is 38.5 Å². The quantitative estimate of drug-likeness (QED) is 0.913. The lowest BCUT2D eigenvalue weighted by molar-refractivity contribution is -0.0839. The van der Waals surface area contributed by atoms with E-state index in [4.69, 9.17) is 10.5 Å². The summed E-state index contributed by atoms with van der Waals surface area (Å²) in [6, 6.07) is 8.78. The van der Waals surface area contributed by atoms with Gasteiger partial charge in [-0.05, 0) is 31.9 Å². The molecule has 2 N–H and O–H groups in total. The molecule has 0 saturated carbocycles. The van der Waals surface area contributed by atoms with E-state index in [1.807, 2.05) is 6.07 Å². The third-order valence-corrected chi connectivity index (χ3v) is 4.66. The lowest BCUT2D eigenvalue weighted by Gasteiger charge is -2.42. The zero-order chi connectivity index (χ0) is 14.7. The maximum absolute atomic E-state index is 6.44. The van der Waals surface area contributed by atoms with Crippen LogP contribution in [0.15, 0.2) is 28.7 Å². The van der Waals surface area contributed by atoms with Gasteiger partial charge in [0.15, 0.2) is 0 Å². The number of nitrogens with zero attached hydrogens (tertiary/aromatic N) is 1. The second kappa shape index (κ2) is 7.03. The van der Waals surface area contributed by atoms with Gasteiger partial charge in [0.05, 0.1) is 18.2 Å². The summed E-state index contributed by atoms with van der Waals surface area (Å²) in [4.78, 5) is 2.48. The molecule has 0 radical (unpaired) electrons. The van der Waals surface area contributed by atoms with Crippen LogP contribution in [0, 0.1) is 0 Å². The van der Waals surface area contributed by atoms with Gasteiger partial charge < -0.3 is 10.5 Å². The smallest absolute Gasteiger partial charge is 0.0678 e. The summed E-state index contributed by atoms with van der Waals surface area (Å²) in [5, 5.41) is 0. The molecule has 1 aromatic rings. The molecule has 112 valence electrons. The van der Waals surface area contributed by atoms with E-state index >= 15 is 0 Å². The van der Waals surface area contributed by atoms with E-state index in [1.165, 1.54) is 5.56 Å². The van der Waals surface area contributed by atoms with Gasteiger partial charge in [-0.15, -0.1) is 0 Å². The molecular formula is C16H25BrN2O. The number of morpholine rings is 1. The molecule has 0 bridgehead atoms. The lowest BCUT2D eigenvalue weighted by Crippen LogP contribution is -2.51. The van der Waals surface area contributed by atoms with Gasteiger partial charge in [-0.2, -0.15) is 0 Å². The standard InChI is InChI=1S/C16H25BrN2O/c1-4-15(18)16(13-7-5-6-8-14(13)17)19-9-11(2)20-12(3)10-19/h5-8,11-12,15-16H,4,9-10,18H2,1-3H3. The SMILES string of the molecule is CCC(N)C(c1ccccc1Br)N1CC(C)OC(C)C1. The minimum atomic E-state index is 0.131. The first-order chi connectivity index (χ1) is 9.52. The first kappa shape index (κ1) is 16.0. The van der Waals surface area contributed by atoms with Gasteiger partial charge in [0.25, 0.3) is 0 Å². The number of halogens is 1. The number of rotatable bonds is 4. The molecule has 2 rings (SSSR count). The highest BCUT2D eigenvalue weighted by Crippen LogP contribution is 2.32. The Morgan fingerprint density at radius 2 is 1.90 bits per heavy atom. The molecule has 0 aromatic heterocycles. The zero-order valence-corrected chi connectivity index (χ0v) is 14.1. The van der Waals surface area contributed by atoms with Crippen molar-refractivity contribution in [3.05, 3.63) is 34.3 Å². The third kappa shape index (κ3) is 3.61. The van der Waals surface area contributed by atoms with Gasteiger partial charge >= 0.3 is 0 Å². The minimum absolute atomic E-state index is 0.131. The van der Waals surface area contributed by atoms with E-state index in [2.05, 4.69) is 59.8 Å². The van der Waals surface area contributed by atoms with Crippen molar-refractivity contribution in [2.75, 3.05) is 13.1 Å². The Bertz CT molecular complexity index is 430. The second-order valence-corrected chi connectivity index (χ2v) is 6.60. The Labute approximate surface area is 130 Å². The summed E-state index contributed by atoms with van der Waals surface area (Å²) >= 11 is 3.68. The number of benzene rings is 1. The molecule has 1 aliphatic rings. The summed E-state index contributed by atoms with van der Waals surface area (Å²) < 4.78 is 6.99. The van der Waals surface area contributed by atoms with Crippen LogP contribution in [-0.4, -0.2) is 36.2 Å². The average Bonchev–Trinajstić information content (AvgIpc) is 2.40. The third-order valence-electron chi connectivity index (χ3n) is 3.94. The largest absolute Gasteiger partial charge is 0.373 e. The predicted molar refractivity (Wildman–Crippen MR) is 86.7 cm³/mol. The highest BCUT2D eigenvalue weighted by atomic mass is 79.9. The molecule has 0 amide bonds. The molecule has 0 spiro atoms. The molecule has 0 aliphatic carbocycles. The van der Waals surface area contributed by atoms with Crippen LogP contribution in [0.2, 0.25) is 0 Å². The maximum atomic E-state index is 6.44. The molecule has 4 heteroatoms. The van der Waals surface area contributed by atoms with Gasteiger partial charge in [-0.1, -0.05) is 41.1 Å². The van der Waals surface area contributed by atoms with Crippen molar-refractivity contribution < 1.29 is 4.74 Å². The fourth-order valence-corrected chi connectivity index (χ4v) is 3.60. The van der Waals surface area contributed by atoms with Crippen LogP contribution in [0.3, 0.4) is 0 Å². The summed E-state index contributed by atoms with van der Waals surface area (Å²) in [6.07, 6.45) is 1.48. The van der Waals surface area contributed by atoms with Gasteiger partial charge in [0.1, 0.15) is 0 Å². The number of nitrogens with two attached hydrogens (primary N) is 1. The fourth-order valence-electron chi connectivity index (χ4n) is 3.08. The highest BCUT2D eigenvalue weighted by Gasteiger charge is 2.32. The number of hydrogen-bond acceptors (Lipinski definition) is 3. The maximum Gasteiger partial charge on any atom is 0.0678 e. The van der Waals surface area contributed by atoms with Crippen molar-refractivity contribution in [3.8, 4) is 0 Å². The normalized spacial score (nSPS) is 27.2. The lowest BCUT2D eigenvalue weighted by atomic mass is 9.95. The molecule has 4 atom stereocenters. The monoisotopic (exact) mass is 340 g/mol. The zero-order valence-electron chi connectivity index (χ0n) is 12.6. The van der Waals surface area contributed by atoms with E-state index in [0.717, 1.165) is 24.0 Å². The molecule has 1 saturated heterocycles. The second-order valence-electron chi connectivity index (χ2n) is 5.75. The summed E-state index contributed by atoms with van der Waals surface area (Å²) in [5.41, 5.74) is 7.72. The Morgan fingerprint density at radius 3 is 2.45 bits per heavy atom. The van der Waals surface area contributed by atoms with Crippen LogP contribution in [0.25, 0.3) is 0 Å². The van der Waals surface area contributed by atoms with Crippen molar-refractivity contribution in [1.82, 2.24) is 4.90 Å². The van der Waals surface area contributed by atoms with Crippen LogP contribution in [0.5, 0.6) is 0 Å². The number of ether oxygens (including phenoxy) is 1. The highest BCUT2D eigenvalue weighted by molar-refractivity contribution is 9.10. The molecule has 1 aliphatic heterocycles. The van der Waals surface area contributed by atoms with Crippen molar-refractivity contribution in [3.63, 3.8) is 0 Å². The van der Waals surface area contributed by atoms with Crippen LogP contribution in [0.4, 0.5) is 0 Å². The molecule has 1 aromatic carbocycles. The van der Waals surface area contributed by atoms with Crippen molar-refractivity contribution >= 4 is 15.9 Å². The van der Waals surface area contributed by atoms with Gasteiger partial charge in [0.2, 0.25) is 0 Å². The van der Waals surface area contributed by atoms with Crippen LogP contribution < -0.4 is 5.73 Å². The van der Waals surface area contributed by atoms with Crippen molar-refractivity contribution in [2.24, 2.45) is 5.73 Å². The summed E-state index contributed by atoms with van der Waals surface area (Å²) in [7, 11) is 0. The van der Waals surface area contributed by atoms with Crippen LogP contribution >= 0.6 is 15.9 Å². The average molecular weight is 341 g/mol. The van der Waals surface area contributed by atoms with E-state index in [0.29, 0.717) is 0 Å². The first-order valence-corrected chi connectivity index (χ1v) is 8.21. The molecule has 1 fully saturated rings. The van der Waals surface area contributed by atoms with Gasteiger partial charge in [0, 0.05) is 23.6 Å². The number of hydrogen-bond donors (Lipinski definition) is 1. The van der Waals surface area contributed by atoms with Gasteiger partial charge in [-0.25, -0.2) is 0 Å². The minimum Gasteiger partial charge on any atom is -0.373 e. The first-order valence-electron chi connectivity index (χ1n) is 7.42. The van der Waals surface area contributed by atoms with Crippen molar-refractivity contribution in [2.45, 2.75) is 51.5 Å². The van der Waals surface area contributed by atoms with E-state index in [-0.39, 0.29) is 24.3 Å². The Balaban J connectivity index is 2.30. The Hall–Kier alpha value is -0.420. The summed E-state index contributed by atoms with van der Waals surface area (Å²) in [5.74, 6) is 0. The van der Waals surface area contributed by atoms with E-state index < -0.39 is 0 Å². The predicted octanol–water partition coefficient (Wildman–Crippen LogP) is 3.34. The summed E-state index contributed by atoms with van der Waals surface area (Å²) in [6.45, 7) is 8.30. The molecule has 3 nitrogen and oxygen atoms in total. The Kier molecular flexibility index (Phi) is 5.61. The van der Waals surface area contributed by atoms with Crippen LogP contribution in [0.1, 0.15) is 38.8 Å². The molecule has 20 heavy (non-hydrogen) atoms. The van der Waals surface area contributed by atoms with Crippen molar-refractivity contribution in [1.29, 1.82) is 0 Å². The molecular weight excluding hydrogens is 316 g/mol. The van der Waals surface area contributed by atoms with Crippen LogP contribution in [-0.2, 0) is 4.74 Å². The van der Waals surface area contributed by atoms with E-state index in [1.54, 1.807) is 0 Å². The van der Waals surface area contributed by atoms with E-state index in [9.17, 15) is 0 Å². The molecule has 1 heterocycles. The molecule has 4 unspecified atom stereocenters. The van der Waals surface area contributed by atoms with Gasteiger partial charge in [-0.3, -0.25) is 4.90 Å². The fraction of sp³-hybridized carbons (Fsp3) is 0.625.